The molecule has 1 saturated heterocycles. The number of nitrogens with zero attached hydrogens (tertiary/aromatic N) is 2. The lowest BCUT2D eigenvalue weighted by atomic mass is 10.0. The van der Waals surface area contributed by atoms with E-state index in [0.29, 0.717) is 11.4 Å². The van der Waals surface area contributed by atoms with Crippen molar-refractivity contribution in [1.82, 2.24) is 15.2 Å². The van der Waals surface area contributed by atoms with E-state index in [1.54, 1.807) is 13.3 Å². The summed E-state index contributed by atoms with van der Waals surface area (Å²) in [5, 5.41) is 3.98. The highest BCUT2D eigenvalue weighted by molar-refractivity contribution is 7.13. The molecule has 1 amide bonds. The molecule has 1 unspecified atom stereocenters. The van der Waals surface area contributed by atoms with Crippen LogP contribution in [-0.4, -0.2) is 42.5 Å². The predicted octanol–water partition coefficient (Wildman–Crippen LogP) is 3.03. The summed E-state index contributed by atoms with van der Waals surface area (Å²) in [6, 6.07) is 8.29. The lowest BCUT2D eigenvalue weighted by molar-refractivity contribution is 0.0942. The van der Waals surface area contributed by atoms with E-state index in [-0.39, 0.29) is 11.9 Å². The normalized spacial score (nSPS) is 16.1. The summed E-state index contributed by atoms with van der Waals surface area (Å²) in [6.45, 7) is 4.63. The van der Waals surface area contributed by atoms with Crippen molar-refractivity contribution in [2.24, 2.45) is 0 Å². The summed E-state index contributed by atoms with van der Waals surface area (Å²) in [4.78, 5) is 19.6. The number of rotatable bonds is 6. The van der Waals surface area contributed by atoms with Crippen LogP contribution in [0.15, 0.2) is 30.5 Å². The number of hydrogen-bond acceptors (Lipinski definition) is 5. The minimum absolute atomic E-state index is 0.0484. The molecule has 1 N–H and O–H groups in total. The average Bonchev–Trinajstić information content (AvgIpc) is 3.27. The first kappa shape index (κ1) is 16.9. The van der Waals surface area contributed by atoms with Crippen molar-refractivity contribution >= 4 is 17.2 Å². The number of aromatic nitrogens is 1. The highest BCUT2D eigenvalue weighted by Gasteiger charge is 2.24. The summed E-state index contributed by atoms with van der Waals surface area (Å²) >= 11 is 1.42. The van der Waals surface area contributed by atoms with E-state index in [0.717, 1.165) is 23.8 Å². The minimum atomic E-state index is -0.0484. The van der Waals surface area contributed by atoms with Crippen molar-refractivity contribution in [3.8, 4) is 5.75 Å². The van der Waals surface area contributed by atoms with E-state index in [4.69, 9.17) is 4.74 Å². The van der Waals surface area contributed by atoms with Gasteiger partial charge in [0.05, 0.1) is 24.4 Å². The van der Waals surface area contributed by atoms with E-state index >= 15 is 0 Å². The van der Waals surface area contributed by atoms with Gasteiger partial charge in [-0.3, -0.25) is 9.69 Å². The molecule has 3 rings (SSSR count). The fourth-order valence-electron chi connectivity index (χ4n) is 3.10. The zero-order chi connectivity index (χ0) is 16.9. The Labute approximate surface area is 146 Å². The standard InChI is InChI=1S/C18H23N3O2S/c1-13-19-12-17(24-13)18(22)20-11-16(21-8-3-4-9-21)14-6-5-7-15(10-14)23-2/h5-7,10,12,16H,3-4,8-9,11H2,1-2H3,(H,20,22). The molecule has 24 heavy (non-hydrogen) atoms. The van der Waals surface area contributed by atoms with Gasteiger partial charge in [-0.15, -0.1) is 11.3 Å². The Morgan fingerprint density at radius 3 is 2.88 bits per heavy atom. The molecule has 0 radical (unpaired) electrons. The van der Waals surface area contributed by atoms with Gasteiger partial charge in [0.25, 0.3) is 5.91 Å². The number of aryl methyl sites for hydroxylation is 1. The Morgan fingerprint density at radius 1 is 1.42 bits per heavy atom. The maximum absolute atomic E-state index is 12.3. The summed E-state index contributed by atoms with van der Waals surface area (Å²) < 4.78 is 5.35. The molecule has 0 aliphatic carbocycles. The lowest BCUT2D eigenvalue weighted by Crippen LogP contribution is -2.36. The van der Waals surface area contributed by atoms with E-state index in [2.05, 4.69) is 27.3 Å². The molecule has 2 aromatic rings. The molecule has 0 saturated carbocycles. The second-order valence-corrected chi connectivity index (χ2v) is 7.22. The Balaban J connectivity index is 1.73. The van der Waals surface area contributed by atoms with E-state index < -0.39 is 0 Å². The number of benzene rings is 1. The fraction of sp³-hybridized carbons (Fsp3) is 0.444. The first-order valence-electron chi connectivity index (χ1n) is 8.26. The van der Waals surface area contributed by atoms with Gasteiger partial charge in [-0.2, -0.15) is 0 Å². The third-order valence-electron chi connectivity index (χ3n) is 4.36. The van der Waals surface area contributed by atoms with Gasteiger partial charge in [-0.1, -0.05) is 12.1 Å². The van der Waals surface area contributed by atoms with E-state index in [9.17, 15) is 4.79 Å². The summed E-state index contributed by atoms with van der Waals surface area (Å²) in [7, 11) is 1.68. The predicted molar refractivity (Wildman–Crippen MR) is 95.7 cm³/mol. The molecular formula is C18H23N3O2S. The Hall–Kier alpha value is -1.92. The molecule has 0 bridgehead atoms. The number of hydrogen-bond donors (Lipinski definition) is 1. The molecule has 1 aromatic carbocycles. The highest BCUT2D eigenvalue weighted by Crippen LogP contribution is 2.27. The Bertz CT molecular complexity index is 695. The van der Waals surface area contributed by atoms with Crippen LogP contribution in [0.3, 0.4) is 0 Å². The zero-order valence-corrected chi connectivity index (χ0v) is 14.9. The van der Waals surface area contributed by atoms with Crippen LogP contribution in [0, 0.1) is 6.92 Å². The van der Waals surface area contributed by atoms with Gasteiger partial charge in [-0.05, 0) is 50.6 Å². The number of amides is 1. The number of nitrogens with one attached hydrogen (secondary N) is 1. The highest BCUT2D eigenvalue weighted by atomic mass is 32.1. The third kappa shape index (κ3) is 3.94. The first-order chi connectivity index (χ1) is 11.7. The van der Waals surface area contributed by atoms with E-state index in [1.165, 1.54) is 29.7 Å². The van der Waals surface area contributed by atoms with Crippen molar-refractivity contribution in [3.05, 3.63) is 45.9 Å². The summed E-state index contributed by atoms with van der Waals surface area (Å²) in [6.07, 6.45) is 4.07. The SMILES string of the molecule is COc1cccc(C(CNC(=O)c2cnc(C)s2)N2CCCC2)c1. The summed E-state index contributed by atoms with van der Waals surface area (Å²) in [5.41, 5.74) is 1.18. The molecule has 6 heteroatoms. The molecule has 1 fully saturated rings. The van der Waals surface area contributed by atoms with Crippen LogP contribution in [0.4, 0.5) is 0 Å². The molecule has 128 valence electrons. The summed E-state index contributed by atoms with van der Waals surface area (Å²) in [5.74, 6) is 0.800. The number of carbonyl (C=O) groups excluding carboxylic acids is 1. The molecular weight excluding hydrogens is 322 g/mol. The minimum Gasteiger partial charge on any atom is -0.497 e. The maximum atomic E-state index is 12.3. The van der Waals surface area contributed by atoms with Crippen molar-refractivity contribution < 1.29 is 9.53 Å². The third-order valence-corrected chi connectivity index (χ3v) is 5.27. The van der Waals surface area contributed by atoms with Crippen molar-refractivity contribution in [2.45, 2.75) is 25.8 Å². The molecule has 0 spiro atoms. The number of likely N-dealkylation sites (tertiary alicyclic amines) is 1. The van der Waals surface area contributed by atoms with Crippen LogP contribution < -0.4 is 10.1 Å². The van der Waals surface area contributed by atoms with E-state index in [1.807, 2.05) is 19.1 Å². The molecule has 2 heterocycles. The van der Waals surface area contributed by atoms with Gasteiger partial charge in [0.2, 0.25) is 0 Å². The fourth-order valence-corrected chi connectivity index (χ4v) is 3.80. The van der Waals surface area contributed by atoms with Crippen LogP contribution in [0.5, 0.6) is 5.75 Å². The van der Waals surface area contributed by atoms with Crippen LogP contribution >= 0.6 is 11.3 Å². The quantitative estimate of drug-likeness (QED) is 0.874. The zero-order valence-electron chi connectivity index (χ0n) is 14.1. The number of methoxy groups -OCH3 is 1. The van der Waals surface area contributed by atoms with Gasteiger partial charge >= 0.3 is 0 Å². The van der Waals surface area contributed by atoms with Crippen LogP contribution in [-0.2, 0) is 0 Å². The molecule has 1 aliphatic rings. The van der Waals surface area contributed by atoms with Gasteiger partial charge in [0.15, 0.2) is 0 Å². The average molecular weight is 345 g/mol. The number of ether oxygens (including phenoxy) is 1. The van der Waals surface area contributed by atoms with Crippen LogP contribution in [0.25, 0.3) is 0 Å². The van der Waals surface area contributed by atoms with Gasteiger partial charge in [0.1, 0.15) is 10.6 Å². The number of carbonyl (C=O) groups is 1. The lowest BCUT2D eigenvalue weighted by Gasteiger charge is -2.28. The van der Waals surface area contributed by atoms with Crippen molar-refractivity contribution in [1.29, 1.82) is 0 Å². The smallest absolute Gasteiger partial charge is 0.263 e. The Morgan fingerprint density at radius 2 is 2.21 bits per heavy atom. The monoisotopic (exact) mass is 345 g/mol. The van der Waals surface area contributed by atoms with Gasteiger partial charge in [0, 0.05) is 6.54 Å². The van der Waals surface area contributed by atoms with Gasteiger partial charge in [-0.25, -0.2) is 4.98 Å². The molecule has 5 nitrogen and oxygen atoms in total. The van der Waals surface area contributed by atoms with Crippen molar-refractivity contribution in [2.75, 3.05) is 26.7 Å². The van der Waals surface area contributed by atoms with Crippen LogP contribution in [0.1, 0.15) is 39.1 Å². The second kappa shape index (κ2) is 7.77. The second-order valence-electron chi connectivity index (χ2n) is 5.99. The van der Waals surface area contributed by atoms with Crippen LogP contribution in [0.2, 0.25) is 0 Å². The topological polar surface area (TPSA) is 54.5 Å². The Kier molecular flexibility index (Phi) is 5.48. The number of thiazole rings is 1. The van der Waals surface area contributed by atoms with Gasteiger partial charge < -0.3 is 10.1 Å². The molecule has 1 aromatic heterocycles. The van der Waals surface area contributed by atoms with Crippen molar-refractivity contribution in [3.63, 3.8) is 0 Å². The maximum Gasteiger partial charge on any atom is 0.263 e. The molecule has 1 atom stereocenters. The first-order valence-corrected chi connectivity index (χ1v) is 9.07. The largest absolute Gasteiger partial charge is 0.497 e. The molecule has 1 aliphatic heterocycles.